The van der Waals surface area contributed by atoms with E-state index < -0.39 is 0 Å². The van der Waals surface area contributed by atoms with Crippen molar-refractivity contribution in [3.63, 3.8) is 0 Å². The van der Waals surface area contributed by atoms with E-state index in [9.17, 15) is 4.79 Å². The molecule has 2 N–H and O–H groups in total. The van der Waals surface area contributed by atoms with Gasteiger partial charge in [0.1, 0.15) is 0 Å². The molecule has 0 bridgehead atoms. The van der Waals surface area contributed by atoms with Gasteiger partial charge in [-0.1, -0.05) is 6.07 Å². The van der Waals surface area contributed by atoms with Crippen LogP contribution >= 0.6 is 0 Å². The molecule has 0 unspecified atom stereocenters. The summed E-state index contributed by atoms with van der Waals surface area (Å²) in [5, 5.41) is 9.80. The maximum Gasteiger partial charge on any atom is 0.255 e. The number of H-pyrrole nitrogens is 1. The number of aromatic nitrogens is 3. The van der Waals surface area contributed by atoms with Gasteiger partial charge in [-0.25, -0.2) is 4.98 Å². The molecule has 3 heterocycles. The molecule has 7 nitrogen and oxygen atoms in total. The van der Waals surface area contributed by atoms with E-state index in [-0.39, 0.29) is 11.8 Å². The van der Waals surface area contributed by atoms with Gasteiger partial charge < -0.3 is 14.8 Å². The first-order valence-corrected chi connectivity index (χ1v) is 7.16. The molecule has 1 saturated heterocycles. The predicted octanol–water partition coefficient (Wildman–Crippen LogP) is 1.25. The molecule has 0 radical (unpaired) electrons. The van der Waals surface area contributed by atoms with Crippen molar-refractivity contribution in [1.29, 1.82) is 0 Å². The number of pyridine rings is 1. The Morgan fingerprint density at radius 2 is 2.41 bits per heavy atom. The van der Waals surface area contributed by atoms with Crippen LogP contribution in [0.4, 0.5) is 0 Å². The van der Waals surface area contributed by atoms with Crippen molar-refractivity contribution < 1.29 is 14.3 Å². The maximum absolute atomic E-state index is 12.3. The molecular formula is C15H18N4O3. The third-order valence-electron chi connectivity index (χ3n) is 3.71. The minimum atomic E-state index is -0.147. The number of hydrogen-bond acceptors (Lipinski definition) is 5. The van der Waals surface area contributed by atoms with Crippen LogP contribution in [-0.4, -0.2) is 41.4 Å². The van der Waals surface area contributed by atoms with E-state index in [0.717, 1.165) is 24.3 Å². The van der Waals surface area contributed by atoms with Crippen molar-refractivity contribution in [2.24, 2.45) is 0 Å². The third kappa shape index (κ3) is 3.09. The fourth-order valence-corrected chi connectivity index (χ4v) is 2.46. The molecule has 1 aliphatic rings. The van der Waals surface area contributed by atoms with Crippen LogP contribution in [-0.2, 0) is 11.3 Å². The molecular weight excluding hydrogens is 284 g/mol. The Morgan fingerprint density at radius 3 is 3.09 bits per heavy atom. The van der Waals surface area contributed by atoms with Gasteiger partial charge in [-0.15, -0.1) is 0 Å². The zero-order chi connectivity index (χ0) is 15.4. The molecule has 2 aromatic rings. The van der Waals surface area contributed by atoms with Gasteiger partial charge in [0, 0.05) is 31.3 Å². The van der Waals surface area contributed by atoms with E-state index in [1.165, 1.54) is 0 Å². The molecule has 3 rings (SSSR count). The first-order valence-electron chi connectivity index (χ1n) is 7.16. The Hall–Kier alpha value is -2.41. The van der Waals surface area contributed by atoms with Crippen molar-refractivity contribution in [1.82, 2.24) is 20.5 Å². The number of aromatic amines is 1. The largest absolute Gasteiger partial charge is 0.481 e. The molecule has 116 valence electrons. The third-order valence-corrected chi connectivity index (χ3v) is 3.71. The fourth-order valence-electron chi connectivity index (χ4n) is 2.46. The minimum Gasteiger partial charge on any atom is -0.481 e. The predicted molar refractivity (Wildman–Crippen MR) is 78.7 cm³/mol. The summed E-state index contributed by atoms with van der Waals surface area (Å²) in [4.78, 5) is 16.4. The second-order valence-corrected chi connectivity index (χ2v) is 5.15. The highest BCUT2D eigenvalue weighted by Crippen LogP contribution is 2.26. The monoisotopic (exact) mass is 302 g/mol. The number of carbonyl (C=O) groups is 1. The Kier molecular flexibility index (Phi) is 4.34. The normalized spacial score (nSPS) is 17.4. The summed E-state index contributed by atoms with van der Waals surface area (Å²) in [6.07, 6.45) is 4.15. The van der Waals surface area contributed by atoms with Crippen molar-refractivity contribution >= 4 is 5.91 Å². The molecule has 7 heteroatoms. The lowest BCUT2D eigenvalue weighted by Crippen LogP contribution is -2.24. The molecule has 0 spiro atoms. The lowest BCUT2D eigenvalue weighted by atomic mass is 10.0. The number of rotatable bonds is 5. The van der Waals surface area contributed by atoms with Crippen LogP contribution in [0.25, 0.3) is 0 Å². The SMILES string of the molecule is COc1ccc(CNC(=O)c2cn[nH]c2[C@@H]2CCOC2)cn1. The van der Waals surface area contributed by atoms with Crippen molar-refractivity contribution in [3.05, 3.63) is 41.3 Å². The molecule has 22 heavy (non-hydrogen) atoms. The van der Waals surface area contributed by atoms with Crippen molar-refractivity contribution in [2.75, 3.05) is 20.3 Å². The summed E-state index contributed by atoms with van der Waals surface area (Å²) in [6, 6.07) is 3.63. The van der Waals surface area contributed by atoms with Gasteiger partial charge in [-0.3, -0.25) is 9.89 Å². The second-order valence-electron chi connectivity index (χ2n) is 5.15. The van der Waals surface area contributed by atoms with E-state index in [1.807, 2.05) is 6.07 Å². The van der Waals surface area contributed by atoms with Gasteiger partial charge in [0.15, 0.2) is 0 Å². The molecule has 2 aromatic heterocycles. The maximum atomic E-state index is 12.3. The van der Waals surface area contributed by atoms with Crippen LogP contribution in [0.2, 0.25) is 0 Å². The number of carbonyl (C=O) groups excluding carboxylic acids is 1. The van der Waals surface area contributed by atoms with Gasteiger partial charge in [0.2, 0.25) is 5.88 Å². The number of nitrogens with one attached hydrogen (secondary N) is 2. The number of methoxy groups -OCH3 is 1. The van der Waals surface area contributed by atoms with Crippen molar-refractivity contribution in [2.45, 2.75) is 18.9 Å². The van der Waals surface area contributed by atoms with E-state index >= 15 is 0 Å². The second kappa shape index (κ2) is 6.57. The Bertz CT molecular complexity index is 632. The summed E-state index contributed by atoms with van der Waals surface area (Å²) in [6.45, 7) is 1.76. The van der Waals surface area contributed by atoms with E-state index in [1.54, 1.807) is 25.6 Å². The van der Waals surface area contributed by atoms with Gasteiger partial charge >= 0.3 is 0 Å². The number of ether oxygens (including phenoxy) is 2. The molecule has 1 fully saturated rings. The fraction of sp³-hybridized carbons (Fsp3) is 0.400. The Balaban J connectivity index is 1.63. The Morgan fingerprint density at radius 1 is 1.50 bits per heavy atom. The van der Waals surface area contributed by atoms with Crippen LogP contribution < -0.4 is 10.1 Å². The minimum absolute atomic E-state index is 0.147. The van der Waals surface area contributed by atoms with Gasteiger partial charge in [0.05, 0.1) is 31.2 Å². The highest BCUT2D eigenvalue weighted by Gasteiger charge is 2.25. The smallest absolute Gasteiger partial charge is 0.255 e. The lowest BCUT2D eigenvalue weighted by Gasteiger charge is -2.09. The van der Waals surface area contributed by atoms with Crippen molar-refractivity contribution in [3.8, 4) is 5.88 Å². The van der Waals surface area contributed by atoms with E-state index in [0.29, 0.717) is 24.6 Å². The zero-order valence-corrected chi connectivity index (χ0v) is 12.3. The Labute approximate surface area is 128 Å². The standard InChI is InChI=1S/C15H18N4O3/c1-21-13-3-2-10(6-16-13)7-17-15(20)12-8-18-19-14(12)11-4-5-22-9-11/h2-3,6,8,11H,4-5,7,9H2,1H3,(H,17,20)(H,18,19)/t11-/m1/s1. The zero-order valence-electron chi connectivity index (χ0n) is 12.3. The van der Waals surface area contributed by atoms with Crippen LogP contribution in [0, 0.1) is 0 Å². The number of amides is 1. The van der Waals surface area contributed by atoms with E-state index in [4.69, 9.17) is 9.47 Å². The summed E-state index contributed by atoms with van der Waals surface area (Å²) in [7, 11) is 1.57. The summed E-state index contributed by atoms with van der Waals surface area (Å²) in [5.74, 6) is 0.616. The highest BCUT2D eigenvalue weighted by atomic mass is 16.5. The first kappa shape index (κ1) is 14.5. The summed E-state index contributed by atoms with van der Waals surface area (Å²) < 4.78 is 10.4. The average Bonchev–Trinajstić information content (AvgIpc) is 3.23. The molecule has 1 atom stereocenters. The van der Waals surface area contributed by atoms with Crippen LogP contribution in [0.15, 0.2) is 24.5 Å². The van der Waals surface area contributed by atoms with Crippen LogP contribution in [0.5, 0.6) is 5.88 Å². The molecule has 0 aromatic carbocycles. The van der Waals surface area contributed by atoms with Gasteiger partial charge in [-0.2, -0.15) is 5.10 Å². The lowest BCUT2D eigenvalue weighted by molar-refractivity contribution is 0.0949. The molecule has 0 aliphatic carbocycles. The van der Waals surface area contributed by atoms with Crippen LogP contribution in [0.1, 0.15) is 34.0 Å². The van der Waals surface area contributed by atoms with E-state index in [2.05, 4.69) is 20.5 Å². The number of hydrogen-bond donors (Lipinski definition) is 2. The summed E-state index contributed by atoms with van der Waals surface area (Å²) in [5.41, 5.74) is 2.34. The number of nitrogens with zero attached hydrogens (tertiary/aromatic N) is 2. The van der Waals surface area contributed by atoms with Gasteiger partial charge in [0.25, 0.3) is 5.91 Å². The van der Waals surface area contributed by atoms with Crippen LogP contribution in [0.3, 0.4) is 0 Å². The molecule has 0 saturated carbocycles. The summed E-state index contributed by atoms with van der Waals surface area (Å²) >= 11 is 0. The highest BCUT2D eigenvalue weighted by molar-refractivity contribution is 5.95. The average molecular weight is 302 g/mol. The first-order chi connectivity index (χ1) is 10.8. The molecule has 1 amide bonds. The topological polar surface area (TPSA) is 89.1 Å². The molecule has 1 aliphatic heterocycles. The van der Waals surface area contributed by atoms with Gasteiger partial charge in [-0.05, 0) is 12.0 Å². The quantitative estimate of drug-likeness (QED) is 0.867.